The fraction of sp³-hybridized carbons (Fsp3) is 0.111. The summed E-state index contributed by atoms with van der Waals surface area (Å²) in [6.07, 6.45) is 0. The maximum Gasteiger partial charge on any atom is 0.260 e. The summed E-state index contributed by atoms with van der Waals surface area (Å²) in [6, 6.07) is 20.2. The first-order chi connectivity index (χ1) is 18.3. The highest BCUT2D eigenvalue weighted by Crippen LogP contribution is 2.36. The van der Waals surface area contributed by atoms with Gasteiger partial charge in [0.05, 0.1) is 33.0 Å². The lowest BCUT2D eigenvalue weighted by Crippen LogP contribution is -2.29. The summed E-state index contributed by atoms with van der Waals surface area (Å²) in [4.78, 5) is 35.8. The minimum Gasteiger partial charge on any atom is -0.400 e. The highest BCUT2D eigenvalue weighted by atomic mass is 35.5. The molecular formula is C27H21Cl2N5O2S2. The highest BCUT2D eigenvalue weighted by molar-refractivity contribution is 8.16. The number of benzene rings is 3. The molecule has 3 aromatic carbocycles. The predicted octanol–water partition coefficient (Wildman–Crippen LogP) is 6.42. The van der Waals surface area contributed by atoms with Crippen LogP contribution < -0.4 is 16.4 Å². The number of anilines is 2. The summed E-state index contributed by atoms with van der Waals surface area (Å²) in [5.74, 6) is -0.920. The van der Waals surface area contributed by atoms with Crippen LogP contribution in [-0.4, -0.2) is 27.1 Å². The van der Waals surface area contributed by atoms with E-state index in [1.54, 1.807) is 18.2 Å². The Hall–Kier alpha value is -3.37. The number of thioether (sulfide) groups is 1. The van der Waals surface area contributed by atoms with Crippen LogP contribution in [0.15, 0.2) is 83.0 Å². The quantitative estimate of drug-likeness (QED) is 0.243. The Labute approximate surface area is 237 Å². The summed E-state index contributed by atoms with van der Waals surface area (Å²) >= 11 is 14.8. The van der Waals surface area contributed by atoms with E-state index in [4.69, 9.17) is 28.9 Å². The van der Waals surface area contributed by atoms with Crippen molar-refractivity contribution in [3.05, 3.63) is 99.2 Å². The van der Waals surface area contributed by atoms with Crippen molar-refractivity contribution in [2.45, 2.75) is 18.7 Å². The zero-order valence-corrected chi connectivity index (χ0v) is 23.1. The third-order valence-corrected chi connectivity index (χ3v) is 8.44. The average molecular weight is 583 g/mol. The van der Waals surface area contributed by atoms with E-state index in [9.17, 15) is 9.59 Å². The number of aromatic nitrogens is 1. The van der Waals surface area contributed by atoms with Crippen LogP contribution in [-0.2, 0) is 16.1 Å². The molecule has 0 fully saturated rings. The molecular weight excluding hydrogens is 561 g/mol. The highest BCUT2D eigenvalue weighted by Gasteiger charge is 2.38. The fourth-order valence-corrected chi connectivity index (χ4v) is 6.21. The Morgan fingerprint density at radius 3 is 2.63 bits per heavy atom. The number of aliphatic imine (C=N–C) groups is 1. The number of amides is 2. The molecule has 1 aliphatic heterocycles. The topological polar surface area (TPSA) is 109 Å². The minimum atomic E-state index is -0.867. The van der Waals surface area contributed by atoms with Crippen LogP contribution in [0, 0.1) is 6.92 Å². The summed E-state index contributed by atoms with van der Waals surface area (Å²) in [5, 5.41) is 6.28. The first kappa shape index (κ1) is 26.2. The summed E-state index contributed by atoms with van der Waals surface area (Å²) in [6.45, 7) is 2.31. The van der Waals surface area contributed by atoms with Crippen molar-refractivity contribution in [1.82, 2.24) is 4.98 Å². The number of carbonyl (C=O) groups is 2. The van der Waals surface area contributed by atoms with Gasteiger partial charge in [0.2, 0.25) is 5.91 Å². The number of halogens is 2. The van der Waals surface area contributed by atoms with E-state index in [-0.39, 0.29) is 17.2 Å². The smallest absolute Gasteiger partial charge is 0.260 e. The van der Waals surface area contributed by atoms with Gasteiger partial charge in [0.25, 0.3) is 5.91 Å². The molecule has 0 saturated heterocycles. The zero-order valence-electron chi connectivity index (χ0n) is 20.0. The van der Waals surface area contributed by atoms with Crippen LogP contribution in [0.5, 0.6) is 0 Å². The molecule has 0 spiro atoms. The monoisotopic (exact) mass is 581 g/mol. The number of hydrogen-bond donors (Lipinski definition) is 3. The van der Waals surface area contributed by atoms with Crippen molar-refractivity contribution < 1.29 is 9.59 Å². The Morgan fingerprint density at radius 2 is 1.84 bits per heavy atom. The Morgan fingerprint density at radius 1 is 1.05 bits per heavy atom. The third kappa shape index (κ3) is 5.71. The van der Waals surface area contributed by atoms with Gasteiger partial charge < -0.3 is 16.4 Å². The molecule has 1 unspecified atom stereocenters. The molecule has 0 aliphatic carbocycles. The average Bonchev–Trinajstić information content (AvgIpc) is 3.44. The molecule has 38 heavy (non-hydrogen) atoms. The second-order valence-corrected chi connectivity index (χ2v) is 11.5. The van der Waals surface area contributed by atoms with Crippen molar-refractivity contribution >= 4 is 84.2 Å². The van der Waals surface area contributed by atoms with Crippen molar-refractivity contribution in [2.75, 3.05) is 10.6 Å². The van der Waals surface area contributed by atoms with Crippen LogP contribution in [0.4, 0.5) is 10.8 Å². The molecule has 1 atom stereocenters. The fourth-order valence-electron chi connectivity index (χ4n) is 3.81. The lowest BCUT2D eigenvalue weighted by Gasteiger charge is -2.10. The maximum atomic E-state index is 13.4. The molecule has 1 aromatic heterocycles. The van der Waals surface area contributed by atoms with Gasteiger partial charge in [0.15, 0.2) is 5.13 Å². The lowest BCUT2D eigenvalue weighted by molar-refractivity contribution is -0.115. The van der Waals surface area contributed by atoms with E-state index < -0.39 is 11.2 Å². The Kier molecular flexibility index (Phi) is 7.71. The molecule has 7 nitrogen and oxygen atoms in total. The molecule has 2 amide bonds. The molecule has 0 radical (unpaired) electrons. The minimum absolute atomic E-state index is 0.104. The van der Waals surface area contributed by atoms with Crippen LogP contribution in [0.2, 0.25) is 10.0 Å². The first-order valence-corrected chi connectivity index (χ1v) is 13.9. The van der Waals surface area contributed by atoms with E-state index >= 15 is 0 Å². The second kappa shape index (κ2) is 11.2. The molecule has 0 bridgehead atoms. The lowest BCUT2D eigenvalue weighted by atomic mass is 10.1. The molecule has 4 N–H and O–H groups in total. The summed E-state index contributed by atoms with van der Waals surface area (Å²) in [7, 11) is 0. The van der Waals surface area contributed by atoms with Crippen molar-refractivity contribution in [3.63, 3.8) is 0 Å². The van der Waals surface area contributed by atoms with E-state index in [1.165, 1.54) is 11.3 Å². The van der Waals surface area contributed by atoms with Crippen molar-refractivity contribution in [2.24, 2.45) is 10.7 Å². The number of fused-ring (bicyclic) bond motifs is 1. The standard InChI is InChI=1S/C27H21Cl2N5O2S2/c1-14-7-10-18-20(11-14)37-27(33-18)34-25(36)23-22(30)21(24(35)32-19-12-16(28)8-9-17(19)29)26(38-23)31-13-15-5-3-2-4-6-15/h2-12,23H,13,30H2,1H3,(H,32,35)(H,33,34,36). The van der Waals surface area contributed by atoms with Crippen molar-refractivity contribution in [3.8, 4) is 0 Å². The van der Waals surface area contributed by atoms with Gasteiger partial charge in [-0.3, -0.25) is 14.6 Å². The van der Waals surface area contributed by atoms with E-state index in [0.717, 1.165) is 33.1 Å². The SMILES string of the molecule is Cc1ccc2nc(NC(=O)C3SC(=NCc4ccccc4)C(C(=O)Nc4cc(Cl)ccc4Cl)=C3N)sc2c1. The molecule has 11 heteroatoms. The Balaban J connectivity index is 1.43. The first-order valence-electron chi connectivity index (χ1n) is 11.5. The molecule has 0 saturated carbocycles. The van der Waals surface area contributed by atoms with Gasteiger partial charge in [-0.2, -0.15) is 0 Å². The Bertz CT molecular complexity index is 1620. The van der Waals surface area contributed by atoms with E-state index in [1.807, 2.05) is 55.5 Å². The number of nitrogens with zero attached hydrogens (tertiary/aromatic N) is 2. The number of rotatable bonds is 6. The van der Waals surface area contributed by atoms with Gasteiger partial charge in [-0.25, -0.2) is 4.98 Å². The van der Waals surface area contributed by atoms with Gasteiger partial charge in [0, 0.05) is 10.7 Å². The third-order valence-electron chi connectivity index (χ3n) is 5.68. The summed E-state index contributed by atoms with van der Waals surface area (Å²) in [5.41, 5.74) is 9.84. The number of carbonyl (C=O) groups excluding carboxylic acids is 2. The van der Waals surface area contributed by atoms with Crippen LogP contribution >= 0.6 is 46.3 Å². The zero-order chi connectivity index (χ0) is 26.8. The molecule has 2 heterocycles. The van der Waals surface area contributed by atoms with E-state index in [0.29, 0.717) is 32.5 Å². The number of nitrogens with one attached hydrogen (secondary N) is 2. The molecule has 192 valence electrons. The molecule has 5 rings (SSSR count). The number of thiazole rings is 1. The van der Waals surface area contributed by atoms with Crippen LogP contribution in [0.1, 0.15) is 11.1 Å². The normalized spacial score (nSPS) is 16.3. The summed E-state index contributed by atoms with van der Waals surface area (Å²) < 4.78 is 0.964. The maximum absolute atomic E-state index is 13.4. The van der Waals surface area contributed by atoms with Gasteiger partial charge in [-0.05, 0) is 48.4 Å². The second-order valence-electron chi connectivity index (χ2n) is 8.49. The van der Waals surface area contributed by atoms with Gasteiger partial charge in [-0.15, -0.1) is 0 Å². The number of aryl methyl sites for hydroxylation is 1. The van der Waals surface area contributed by atoms with Crippen LogP contribution in [0.3, 0.4) is 0 Å². The molecule has 1 aliphatic rings. The predicted molar refractivity (Wildman–Crippen MR) is 158 cm³/mol. The molecule has 4 aromatic rings. The van der Waals surface area contributed by atoms with Crippen LogP contribution in [0.25, 0.3) is 10.2 Å². The number of nitrogens with two attached hydrogens (primary N) is 1. The van der Waals surface area contributed by atoms with Crippen molar-refractivity contribution in [1.29, 1.82) is 0 Å². The van der Waals surface area contributed by atoms with Gasteiger partial charge in [0.1, 0.15) is 10.3 Å². The van der Waals surface area contributed by atoms with Gasteiger partial charge in [-0.1, -0.05) is 82.7 Å². The largest absolute Gasteiger partial charge is 0.400 e. The number of hydrogen-bond acceptors (Lipinski definition) is 7. The van der Waals surface area contributed by atoms with E-state index in [2.05, 4.69) is 20.6 Å². The van der Waals surface area contributed by atoms with Gasteiger partial charge >= 0.3 is 0 Å².